The molecule has 0 aliphatic carbocycles. The number of ether oxygens (including phenoxy) is 1. The number of benzene rings is 1. The third kappa shape index (κ3) is 2.24. The van der Waals surface area contributed by atoms with Gasteiger partial charge in [-0.2, -0.15) is 0 Å². The molecule has 2 atom stereocenters. The van der Waals surface area contributed by atoms with Gasteiger partial charge in [0.1, 0.15) is 0 Å². The zero-order valence-corrected chi connectivity index (χ0v) is 11.0. The van der Waals surface area contributed by atoms with Crippen molar-refractivity contribution in [1.82, 2.24) is 0 Å². The van der Waals surface area contributed by atoms with Crippen LogP contribution in [0.25, 0.3) is 0 Å². The molecule has 0 saturated carbocycles. The lowest BCUT2D eigenvalue weighted by atomic mass is 9.75. The molecular formula is C15H22O2. The molecule has 1 N–H and O–H groups in total. The van der Waals surface area contributed by atoms with E-state index in [-0.39, 0.29) is 18.1 Å². The van der Waals surface area contributed by atoms with E-state index >= 15 is 0 Å². The molecule has 2 rings (SSSR count). The lowest BCUT2D eigenvalue weighted by Gasteiger charge is -2.31. The normalized spacial score (nSPS) is 28.6. The van der Waals surface area contributed by atoms with E-state index in [1.807, 2.05) is 0 Å². The molecule has 1 saturated heterocycles. The molecule has 1 fully saturated rings. The Kier molecular flexibility index (Phi) is 3.55. The zero-order valence-electron chi connectivity index (χ0n) is 11.0. The predicted molar refractivity (Wildman–Crippen MR) is 69.2 cm³/mol. The number of hydrogen-bond acceptors (Lipinski definition) is 2. The van der Waals surface area contributed by atoms with E-state index in [9.17, 15) is 5.11 Å². The summed E-state index contributed by atoms with van der Waals surface area (Å²) in [6.45, 7) is 7.35. The summed E-state index contributed by atoms with van der Waals surface area (Å²) in [4.78, 5) is 0. The Bertz CT molecular complexity index is 380. The van der Waals surface area contributed by atoms with Crippen molar-refractivity contribution in [3.63, 3.8) is 0 Å². The SMILES string of the molecule is Cc1cccc(C)c1CC1(CO)CCOC1C. The number of rotatable bonds is 3. The van der Waals surface area contributed by atoms with Gasteiger partial charge in [0.15, 0.2) is 0 Å². The first-order valence-corrected chi connectivity index (χ1v) is 6.36. The van der Waals surface area contributed by atoms with Gasteiger partial charge in [0.2, 0.25) is 0 Å². The molecule has 2 unspecified atom stereocenters. The Labute approximate surface area is 104 Å². The minimum atomic E-state index is -0.0864. The summed E-state index contributed by atoms with van der Waals surface area (Å²) in [6.07, 6.45) is 2.02. The molecule has 2 heteroatoms. The molecule has 17 heavy (non-hydrogen) atoms. The number of hydrogen-bond donors (Lipinski definition) is 1. The van der Waals surface area contributed by atoms with Crippen LogP contribution in [0, 0.1) is 19.3 Å². The van der Waals surface area contributed by atoms with Gasteiger partial charge in [0.25, 0.3) is 0 Å². The van der Waals surface area contributed by atoms with Crippen molar-refractivity contribution < 1.29 is 9.84 Å². The highest BCUT2D eigenvalue weighted by atomic mass is 16.5. The van der Waals surface area contributed by atoms with Crippen LogP contribution in [0.2, 0.25) is 0 Å². The average molecular weight is 234 g/mol. The Hall–Kier alpha value is -0.860. The third-order valence-corrected chi connectivity index (χ3v) is 4.32. The van der Waals surface area contributed by atoms with Crippen LogP contribution in [0.5, 0.6) is 0 Å². The molecule has 0 bridgehead atoms. The Morgan fingerprint density at radius 3 is 2.47 bits per heavy atom. The molecule has 1 heterocycles. The summed E-state index contributed by atoms with van der Waals surface area (Å²) in [6, 6.07) is 6.39. The minimum absolute atomic E-state index is 0.0864. The highest BCUT2D eigenvalue weighted by Gasteiger charge is 2.41. The molecule has 0 radical (unpaired) electrons. The van der Waals surface area contributed by atoms with Gasteiger partial charge in [-0.3, -0.25) is 0 Å². The highest BCUT2D eigenvalue weighted by Crippen LogP contribution is 2.39. The smallest absolute Gasteiger partial charge is 0.0629 e. The largest absolute Gasteiger partial charge is 0.396 e. The summed E-state index contributed by atoms with van der Waals surface area (Å²) >= 11 is 0. The number of aryl methyl sites for hydroxylation is 2. The molecule has 0 aromatic heterocycles. The molecule has 1 aromatic carbocycles. The Balaban J connectivity index is 2.30. The summed E-state index contributed by atoms with van der Waals surface area (Å²) in [5, 5.41) is 9.75. The van der Waals surface area contributed by atoms with E-state index in [1.165, 1.54) is 16.7 Å². The van der Waals surface area contributed by atoms with E-state index < -0.39 is 0 Å². The summed E-state index contributed by atoms with van der Waals surface area (Å²) < 4.78 is 5.65. The van der Waals surface area contributed by atoms with Crippen molar-refractivity contribution in [2.45, 2.75) is 39.7 Å². The maximum atomic E-state index is 9.75. The molecule has 94 valence electrons. The second-order valence-electron chi connectivity index (χ2n) is 5.33. The summed E-state index contributed by atoms with van der Waals surface area (Å²) in [5.41, 5.74) is 3.92. The topological polar surface area (TPSA) is 29.5 Å². The maximum Gasteiger partial charge on any atom is 0.0629 e. The number of aliphatic hydroxyl groups is 1. The first-order valence-electron chi connectivity index (χ1n) is 6.36. The van der Waals surface area contributed by atoms with E-state index in [4.69, 9.17) is 4.74 Å². The molecule has 1 aromatic rings. The minimum Gasteiger partial charge on any atom is -0.396 e. The van der Waals surface area contributed by atoms with E-state index in [0.29, 0.717) is 0 Å². The van der Waals surface area contributed by atoms with Gasteiger partial charge < -0.3 is 9.84 Å². The van der Waals surface area contributed by atoms with Crippen LogP contribution in [0.3, 0.4) is 0 Å². The molecule has 2 nitrogen and oxygen atoms in total. The lowest BCUT2D eigenvalue weighted by Crippen LogP contribution is -2.35. The van der Waals surface area contributed by atoms with Crippen molar-refractivity contribution in [2.24, 2.45) is 5.41 Å². The van der Waals surface area contributed by atoms with Gasteiger partial charge in [0.05, 0.1) is 12.7 Å². The van der Waals surface area contributed by atoms with Gasteiger partial charge in [-0.05, 0) is 50.3 Å². The monoisotopic (exact) mass is 234 g/mol. The van der Waals surface area contributed by atoms with Crippen LogP contribution < -0.4 is 0 Å². The quantitative estimate of drug-likeness (QED) is 0.871. The van der Waals surface area contributed by atoms with Crippen LogP contribution in [0.1, 0.15) is 30.0 Å². The van der Waals surface area contributed by atoms with Crippen LogP contribution in [0.15, 0.2) is 18.2 Å². The lowest BCUT2D eigenvalue weighted by molar-refractivity contribution is 0.0270. The van der Waals surface area contributed by atoms with Crippen LogP contribution >= 0.6 is 0 Å². The molecule has 1 aliphatic rings. The third-order valence-electron chi connectivity index (χ3n) is 4.32. The van der Waals surface area contributed by atoms with Gasteiger partial charge in [-0.15, -0.1) is 0 Å². The molecule has 0 amide bonds. The van der Waals surface area contributed by atoms with Crippen LogP contribution in [-0.2, 0) is 11.2 Å². The van der Waals surface area contributed by atoms with Crippen LogP contribution in [-0.4, -0.2) is 24.4 Å². The van der Waals surface area contributed by atoms with E-state index in [2.05, 4.69) is 39.0 Å². The molecule has 0 spiro atoms. The van der Waals surface area contributed by atoms with Gasteiger partial charge in [0, 0.05) is 12.0 Å². The average Bonchev–Trinajstić information content (AvgIpc) is 2.66. The van der Waals surface area contributed by atoms with Gasteiger partial charge in [-0.1, -0.05) is 18.2 Å². The first-order chi connectivity index (χ1) is 8.09. The van der Waals surface area contributed by atoms with Crippen molar-refractivity contribution >= 4 is 0 Å². The highest BCUT2D eigenvalue weighted by molar-refractivity contribution is 5.34. The standard InChI is InChI=1S/C15H22O2/c1-11-5-4-6-12(2)14(11)9-15(10-16)7-8-17-13(15)3/h4-6,13,16H,7-10H2,1-3H3. The number of aliphatic hydroxyl groups excluding tert-OH is 1. The fourth-order valence-corrected chi connectivity index (χ4v) is 2.79. The second kappa shape index (κ2) is 4.79. The van der Waals surface area contributed by atoms with Crippen molar-refractivity contribution in [2.75, 3.05) is 13.2 Å². The first kappa shape index (κ1) is 12.6. The van der Waals surface area contributed by atoms with Crippen molar-refractivity contribution in [3.8, 4) is 0 Å². The second-order valence-corrected chi connectivity index (χ2v) is 5.33. The molecular weight excluding hydrogens is 212 g/mol. The predicted octanol–water partition coefficient (Wildman–Crippen LogP) is 2.63. The summed E-state index contributed by atoms with van der Waals surface area (Å²) in [7, 11) is 0. The van der Waals surface area contributed by atoms with Crippen LogP contribution in [0.4, 0.5) is 0 Å². The fourth-order valence-electron chi connectivity index (χ4n) is 2.79. The molecule has 1 aliphatic heterocycles. The maximum absolute atomic E-state index is 9.75. The van der Waals surface area contributed by atoms with E-state index in [1.54, 1.807) is 0 Å². The van der Waals surface area contributed by atoms with Crippen molar-refractivity contribution in [3.05, 3.63) is 34.9 Å². The Morgan fingerprint density at radius 2 is 2.00 bits per heavy atom. The fraction of sp³-hybridized carbons (Fsp3) is 0.600. The zero-order chi connectivity index (χ0) is 12.5. The van der Waals surface area contributed by atoms with Gasteiger partial charge >= 0.3 is 0 Å². The van der Waals surface area contributed by atoms with Gasteiger partial charge in [-0.25, -0.2) is 0 Å². The van der Waals surface area contributed by atoms with Crippen molar-refractivity contribution in [1.29, 1.82) is 0 Å². The van der Waals surface area contributed by atoms with E-state index in [0.717, 1.165) is 19.4 Å². The summed E-state index contributed by atoms with van der Waals surface area (Å²) in [5.74, 6) is 0. The Morgan fingerprint density at radius 1 is 1.35 bits per heavy atom.